The summed E-state index contributed by atoms with van der Waals surface area (Å²) in [5.74, 6) is 0.350. The number of nitrogens with zero attached hydrogens (tertiary/aromatic N) is 5. The molecule has 1 atom stereocenters. The second-order valence-corrected chi connectivity index (χ2v) is 19.8. The van der Waals surface area contributed by atoms with Crippen LogP contribution in [-0.4, -0.2) is 82.4 Å². The number of halogens is 2. The van der Waals surface area contributed by atoms with E-state index in [-0.39, 0.29) is 23.4 Å². The molecule has 360 valence electrons. The van der Waals surface area contributed by atoms with Crippen molar-refractivity contribution in [3.8, 4) is 0 Å². The van der Waals surface area contributed by atoms with Gasteiger partial charge < -0.3 is 29.9 Å². The zero-order chi connectivity index (χ0) is 46.9. The quantitative estimate of drug-likeness (QED) is 0.140. The molecule has 1 aromatic carbocycles. The van der Waals surface area contributed by atoms with Gasteiger partial charge in [-0.25, -0.2) is 8.78 Å². The first-order chi connectivity index (χ1) is 32.7. The summed E-state index contributed by atoms with van der Waals surface area (Å²) in [6, 6.07) is 8.53. The monoisotopic (exact) mass is 916 g/mol. The molecule has 8 rings (SSSR count). The largest absolute Gasteiger partial charge is 0.385 e. The molecular formula is C56H75F2N7O2. The van der Waals surface area contributed by atoms with E-state index in [0.29, 0.717) is 42.5 Å². The number of amides is 2. The van der Waals surface area contributed by atoms with Crippen molar-refractivity contribution in [1.82, 2.24) is 30.0 Å². The second-order valence-electron chi connectivity index (χ2n) is 19.8. The fourth-order valence-corrected chi connectivity index (χ4v) is 11.7. The molecule has 2 amide bonds. The number of nitrogens with one attached hydrogen (secondary N) is 2. The minimum absolute atomic E-state index is 0.0756. The van der Waals surface area contributed by atoms with Crippen LogP contribution in [0.25, 0.3) is 16.5 Å². The Labute approximate surface area is 398 Å². The fourth-order valence-electron chi connectivity index (χ4n) is 11.7. The highest BCUT2D eigenvalue weighted by molar-refractivity contribution is 6.01. The fraction of sp³-hybridized carbons (Fsp3) is 0.554. The van der Waals surface area contributed by atoms with E-state index < -0.39 is 12.5 Å². The van der Waals surface area contributed by atoms with E-state index in [1.807, 2.05) is 25.4 Å². The predicted octanol–water partition coefficient (Wildman–Crippen LogP) is 12.0. The van der Waals surface area contributed by atoms with Crippen LogP contribution in [0.3, 0.4) is 0 Å². The Morgan fingerprint density at radius 1 is 0.955 bits per heavy atom. The molecule has 3 aromatic rings. The molecule has 9 nitrogen and oxygen atoms in total. The van der Waals surface area contributed by atoms with E-state index in [1.165, 1.54) is 49.6 Å². The third-order valence-electron chi connectivity index (χ3n) is 15.3. The first-order valence-electron chi connectivity index (χ1n) is 25.9. The van der Waals surface area contributed by atoms with Gasteiger partial charge in [0.2, 0.25) is 5.91 Å². The molecule has 2 aliphatic carbocycles. The maximum atomic E-state index is 15.2. The van der Waals surface area contributed by atoms with Crippen molar-refractivity contribution in [3.63, 3.8) is 0 Å². The number of alkyl halides is 2. The molecule has 3 aliphatic heterocycles. The summed E-state index contributed by atoms with van der Waals surface area (Å²) in [5.41, 5.74) is 9.30. The minimum Gasteiger partial charge on any atom is -0.385 e. The zero-order valence-electron chi connectivity index (χ0n) is 40.5. The first-order valence-corrected chi connectivity index (χ1v) is 25.9. The van der Waals surface area contributed by atoms with Crippen LogP contribution in [-0.2, 0) is 11.3 Å². The van der Waals surface area contributed by atoms with Crippen molar-refractivity contribution in [1.29, 1.82) is 0 Å². The Bertz CT molecular complexity index is 2340. The Morgan fingerprint density at radius 2 is 1.75 bits per heavy atom. The van der Waals surface area contributed by atoms with Gasteiger partial charge in [-0.1, -0.05) is 77.7 Å². The van der Waals surface area contributed by atoms with Crippen LogP contribution in [0.1, 0.15) is 157 Å². The van der Waals surface area contributed by atoms with Gasteiger partial charge in [0.25, 0.3) is 12.3 Å². The number of carbonyl (C=O) groups is 2. The van der Waals surface area contributed by atoms with Crippen LogP contribution in [0.5, 0.6) is 0 Å². The van der Waals surface area contributed by atoms with Gasteiger partial charge in [-0.2, -0.15) is 0 Å². The van der Waals surface area contributed by atoms with Crippen LogP contribution in [0.2, 0.25) is 0 Å². The number of allylic oxidation sites excluding steroid dienone is 8. The summed E-state index contributed by atoms with van der Waals surface area (Å²) in [6.07, 6.45) is 28.2. The minimum atomic E-state index is -2.58. The lowest BCUT2D eigenvalue weighted by molar-refractivity contribution is -0.125. The van der Waals surface area contributed by atoms with Gasteiger partial charge >= 0.3 is 0 Å². The number of hydrogen-bond acceptors (Lipinski definition) is 6. The lowest BCUT2D eigenvalue weighted by Gasteiger charge is -2.38. The molecule has 11 heteroatoms. The van der Waals surface area contributed by atoms with Gasteiger partial charge in [-0.05, 0) is 136 Å². The van der Waals surface area contributed by atoms with Crippen LogP contribution in [0.4, 0.5) is 14.5 Å². The van der Waals surface area contributed by atoms with Gasteiger partial charge in [-0.15, -0.1) is 0 Å². The molecule has 1 saturated carbocycles. The van der Waals surface area contributed by atoms with Crippen molar-refractivity contribution in [3.05, 3.63) is 113 Å². The molecule has 2 saturated heterocycles. The highest BCUT2D eigenvalue weighted by atomic mass is 19.3. The first kappa shape index (κ1) is 48.4. The van der Waals surface area contributed by atoms with Crippen molar-refractivity contribution >= 4 is 34.0 Å². The van der Waals surface area contributed by atoms with E-state index >= 15 is 8.78 Å². The average molecular weight is 916 g/mol. The SMILES string of the molecule is C=CNC(=O)C(CCC)N1Cc2cc(N3CCC(CN4CCC(n5cc(C6=C/C(=C/C(CC)=C(/CCC)NC7CCCCC7)CCC/C=C\6C(F)F)c6cnccc65)CC4)CC3)ccc2C1=O. The van der Waals surface area contributed by atoms with Crippen molar-refractivity contribution in [2.45, 2.75) is 161 Å². The summed E-state index contributed by atoms with van der Waals surface area (Å²) in [6.45, 7) is 15.6. The lowest BCUT2D eigenvalue weighted by atomic mass is 9.89. The number of likely N-dealkylation sites (tertiary alicyclic amines) is 1. The van der Waals surface area contributed by atoms with E-state index in [4.69, 9.17) is 0 Å². The summed E-state index contributed by atoms with van der Waals surface area (Å²) in [7, 11) is 0. The Kier molecular flexibility index (Phi) is 16.5. The molecule has 5 heterocycles. The van der Waals surface area contributed by atoms with Crippen molar-refractivity contribution < 1.29 is 18.4 Å². The molecule has 2 aromatic heterocycles. The summed E-state index contributed by atoms with van der Waals surface area (Å²) in [4.78, 5) is 37.6. The van der Waals surface area contributed by atoms with Crippen LogP contribution in [0, 0.1) is 5.92 Å². The number of pyridine rings is 1. The molecule has 2 N–H and O–H groups in total. The molecular weight excluding hydrogens is 841 g/mol. The highest BCUT2D eigenvalue weighted by Crippen LogP contribution is 2.40. The van der Waals surface area contributed by atoms with Crippen LogP contribution < -0.4 is 15.5 Å². The lowest BCUT2D eigenvalue weighted by Crippen LogP contribution is -2.45. The highest BCUT2D eigenvalue weighted by Gasteiger charge is 2.36. The zero-order valence-corrected chi connectivity index (χ0v) is 40.5. The van der Waals surface area contributed by atoms with Gasteiger partial charge in [0.05, 0.1) is 5.52 Å². The molecule has 0 bridgehead atoms. The van der Waals surface area contributed by atoms with E-state index in [2.05, 4.69) is 87.0 Å². The second kappa shape index (κ2) is 22.8. The number of aromatic nitrogens is 2. The van der Waals surface area contributed by atoms with Crippen LogP contribution >= 0.6 is 0 Å². The number of fused-ring (bicyclic) bond motifs is 2. The molecule has 67 heavy (non-hydrogen) atoms. The maximum Gasteiger partial charge on any atom is 0.264 e. The molecule has 0 radical (unpaired) electrons. The molecule has 1 unspecified atom stereocenters. The van der Waals surface area contributed by atoms with E-state index in [9.17, 15) is 9.59 Å². The number of anilines is 1. The average Bonchev–Trinajstić information content (AvgIpc) is 3.88. The number of hydrogen-bond donors (Lipinski definition) is 2. The molecule has 3 fully saturated rings. The number of piperidine rings is 2. The summed E-state index contributed by atoms with van der Waals surface area (Å²) >= 11 is 0. The smallest absolute Gasteiger partial charge is 0.264 e. The van der Waals surface area contributed by atoms with Crippen molar-refractivity contribution in [2.24, 2.45) is 5.92 Å². The number of rotatable bonds is 17. The maximum absolute atomic E-state index is 15.2. The van der Waals surface area contributed by atoms with Gasteiger partial charge in [-0.3, -0.25) is 14.6 Å². The Balaban J connectivity index is 0.935. The summed E-state index contributed by atoms with van der Waals surface area (Å²) in [5, 5.41) is 7.59. The third kappa shape index (κ3) is 11.3. The standard InChI is InChI=1S/C56H75F2N7O2/c1-5-14-51(61-43-17-10-9-11-18-43)41(7-3)32-40-16-12-13-19-47(54(57)58)48(33-40)50-38-64(52-22-27-59-35-49(50)52)44-25-28-62(29-26-44)36-39-23-30-63(31-24-39)45-20-21-46-42(34-45)37-65(56(46)67)53(15-6-2)55(66)60-8-4/h8,19-22,27,32-35,38-39,43-44,53-54,61H,4-7,9-18,23-26,28-31,36-37H2,1-3H3,(H,60,66)/b40-32+,47-19+,48-33+,51-41-. The third-order valence-corrected chi connectivity index (χ3v) is 15.3. The topological polar surface area (TPSA) is 85.7 Å². The van der Waals surface area contributed by atoms with Gasteiger partial charge in [0, 0.05) is 103 Å². The normalized spacial score (nSPS) is 22.5. The van der Waals surface area contributed by atoms with Crippen molar-refractivity contribution in [2.75, 3.05) is 37.6 Å². The van der Waals surface area contributed by atoms with E-state index in [0.717, 1.165) is 130 Å². The number of benzene rings is 1. The van der Waals surface area contributed by atoms with E-state index in [1.54, 1.807) is 11.0 Å². The Hall–Kier alpha value is -5.03. The number of carbonyl (C=O) groups excluding carboxylic acids is 2. The Morgan fingerprint density at radius 3 is 2.46 bits per heavy atom. The van der Waals surface area contributed by atoms with Gasteiger partial charge in [0.15, 0.2) is 0 Å². The predicted molar refractivity (Wildman–Crippen MR) is 269 cm³/mol. The van der Waals surface area contributed by atoms with Gasteiger partial charge in [0.1, 0.15) is 6.04 Å². The molecule has 5 aliphatic rings. The molecule has 0 spiro atoms. The summed E-state index contributed by atoms with van der Waals surface area (Å²) < 4.78 is 32.7. The van der Waals surface area contributed by atoms with Crippen LogP contribution in [0.15, 0.2) is 96.3 Å².